The highest BCUT2D eigenvalue weighted by molar-refractivity contribution is 7.89. The molecule has 1 aliphatic heterocycles. The van der Waals surface area contributed by atoms with E-state index >= 15 is 0 Å². The molecule has 30 heavy (non-hydrogen) atoms. The van der Waals surface area contributed by atoms with E-state index < -0.39 is 10.0 Å². The smallest absolute Gasteiger partial charge is 0.257 e. The number of carbonyl (C=O) groups excluding carboxylic acids is 1. The van der Waals surface area contributed by atoms with E-state index in [4.69, 9.17) is 4.74 Å². The monoisotopic (exact) mass is 432 g/mol. The highest BCUT2D eigenvalue weighted by Crippen LogP contribution is 2.15. The lowest BCUT2D eigenvalue weighted by Gasteiger charge is -2.34. The number of pyridine rings is 1. The van der Waals surface area contributed by atoms with Crippen LogP contribution in [0, 0.1) is 6.92 Å². The van der Waals surface area contributed by atoms with Crippen LogP contribution in [-0.4, -0.2) is 68.7 Å². The first-order valence-electron chi connectivity index (χ1n) is 10.0. The zero-order valence-corrected chi connectivity index (χ0v) is 18.0. The Bertz CT molecular complexity index is 929. The van der Waals surface area contributed by atoms with E-state index in [-0.39, 0.29) is 18.3 Å². The molecule has 2 heterocycles. The molecular formula is C21H28N4O4S. The summed E-state index contributed by atoms with van der Waals surface area (Å²) in [6, 6.07) is 13.2. The molecule has 0 atom stereocenters. The maximum atomic E-state index is 12.6. The third-order valence-electron chi connectivity index (χ3n) is 4.87. The second-order valence-electron chi connectivity index (χ2n) is 7.20. The number of sulfonamides is 1. The van der Waals surface area contributed by atoms with Crippen molar-refractivity contribution in [3.63, 3.8) is 0 Å². The van der Waals surface area contributed by atoms with Gasteiger partial charge in [0.15, 0.2) is 6.61 Å². The quantitative estimate of drug-likeness (QED) is 0.603. The number of ether oxygens (including phenoxy) is 1. The fraction of sp³-hybridized carbons (Fsp3) is 0.429. The van der Waals surface area contributed by atoms with Crippen molar-refractivity contribution >= 4 is 21.7 Å². The third-order valence-corrected chi connectivity index (χ3v) is 6.82. The summed E-state index contributed by atoms with van der Waals surface area (Å²) < 4.78 is 32.1. The SMILES string of the molecule is Cc1cccc(OCC(=O)NCCCS(=O)(=O)N2CCN(c3ccccn3)CC2)c1. The van der Waals surface area contributed by atoms with Gasteiger partial charge in [0.1, 0.15) is 11.6 Å². The fourth-order valence-electron chi connectivity index (χ4n) is 3.25. The molecule has 3 rings (SSSR count). The molecule has 1 N–H and O–H groups in total. The highest BCUT2D eigenvalue weighted by Gasteiger charge is 2.26. The first-order valence-corrected chi connectivity index (χ1v) is 11.6. The normalized spacial score (nSPS) is 15.0. The van der Waals surface area contributed by atoms with Crippen molar-refractivity contribution in [2.75, 3.05) is 50.0 Å². The first kappa shape index (κ1) is 22.0. The number of carbonyl (C=O) groups is 1. The van der Waals surface area contributed by atoms with Gasteiger partial charge in [-0.05, 0) is 43.2 Å². The van der Waals surface area contributed by atoms with Gasteiger partial charge in [-0.15, -0.1) is 0 Å². The number of aromatic nitrogens is 1. The molecule has 1 aromatic heterocycles. The Kier molecular flexibility index (Phi) is 7.64. The molecule has 1 aliphatic rings. The van der Waals surface area contributed by atoms with E-state index in [1.54, 1.807) is 12.3 Å². The number of amides is 1. The molecule has 1 fully saturated rings. The van der Waals surface area contributed by atoms with Crippen molar-refractivity contribution in [3.05, 3.63) is 54.2 Å². The Morgan fingerprint density at radius 2 is 1.93 bits per heavy atom. The van der Waals surface area contributed by atoms with Gasteiger partial charge < -0.3 is 15.0 Å². The van der Waals surface area contributed by atoms with E-state index in [0.717, 1.165) is 11.4 Å². The molecule has 1 amide bonds. The minimum atomic E-state index is -3.34. The summed E-state index contributed by atoms with van der Waals surface area (Å²) >= 11 is 0. The molecule has 0 bridgehead atoms. The number of anilines is 1. The van der Waals surface area contributed by atoms with Gasteiger partial charge in [-0.25, -0.2) is 13.4 Å². The molecule has 0 spiro atoms. The van der Waals surface area contributed by atoms with E-state index in [2.05, 4.69) is 15.2 Å². The number of hydrogen-bond donors (Lipinski definition) is 1. The van der Waals surface area contributed by atoms with E-state index in [9.17, 15) is 13.2 Å². The summed E-state index contributed by atoms with van der Waals surface area (Å²) in [5, 5.41) is 2.71. The second-order valence-corrected chi connectivity index (χ2v) is 9.29. The van der Waals surface area contributed by atoms with Crippen LogP contribution in [0.15, 0.2) is 48.7 Å². The lowest BCUT2D eigenvalue weighted by Crippen LogP contribution is -2.49. The van der Waals surface area contributed by atoms with Crippen LogP contribution in [0.25, 0.3) is 0 Å². The van der Waals surface area contributed by atoms with Crippen molar-refractivity contribution in [2.45, 2.75) is 13.3 Å². The van der Waals surface area contributed by atoms with Crippen LogP contribution in [0.2, 0.25) is 0 Å². The summed E-state index contributed by atoms with van der Waals surface area (Å²) in [7, 11) is -3.34. The van der Waals surface area contributed by atoms with Crippen LogP contribution >= 0.6 is 0 Å². The van der Waals surface area contributed by atoms with Crippen molar-refractivity contribution in [2.24, 2.45) is 0 Å². The number of hydrogen-bond acceptors (Lipinski definition) is 6. The zero-order valence-electron chi connectivity index (χ0n) is 17.2. The molecular weight excluding hydrogens is 404 g/mol. The Labute approximate surface area is 177 Å². The lowest BCUT2D eigenvalue weighted by atomic mass is 10.2. The van der Waals surface area contributed by atoms with Crippen LogP contribution in [0.3, 0.4) is 0 Å². The summed E-state index contributed by atoms with van der Waals surface area (Å²) in [6.07, 6.45) is 2.09. The van der Waals surface area contributed by atoms with Crippen LogP contribution in [-0.2, 0) is 14.8 Å². The van der Waals surface area contributed by atoms with Gasteiger partial charge in [0.2, 0.25) is 10.0 Å². The summed E-state index contributed by atoms with van der Waals surface area (Å²) in [6.45, 7) is 4.26. The van der Waals surface area contributed by atoms with Crippen molar-refractivity contribution in [1.29, 1.82) is 0 Å². The van der Waals surface area contributed by atoms with E-state index in [1.165, 1.54) is 4.31 Å². The van der Waals surface area contributed by atoms with Gasteiger partial charge in [0, 0.05) is 38.9 Å². The Hall–Kier alpha value is -2.65. The molecule has 8 nitrogen and oxygen atoms in total. The Balaban J connectivity index is 1.34. The molecule has 1 aromatic carbocycles. The maximum absolute atomic E-state index is 12.6. The first-order chi connectivity index (χ1) is 14.4. The van der Waals surface area contributed by atoms with E-state index in [0.29, 0.717) is 44.9 Å². The maximum Gasteiger partial charge on any atom is 0.257 e. The van der Waals surface area contributed by atoms with Gasteiger partial charge >= 0.3 is 0 Å². The number of rotatable bonds is 9. The van der Waals surface area contributed by atoms with Crippen LogP contribution < -0.4 is 15.0 Å². The zero-order chi connectivity index (χ0) is 21.4. The molecule has 0 radical (unpaired) electrons. The van der Waals surface area contributed by atoms with Gasteiger partial charge in [0.25, 0.3) is 5.91 Å². The van der Waals surface area contributed by atoms with Crippen LogP contribution in [0.5, 0.6) is 5.75 Å². The largest absolute Gasteiger partial charge is 0.484 e. The van der Waals surface area contributed by atoms with Crippen LogP contribution in [0.1, 0.15) is 12.0 Å². The number of aryl methyl sites for hydroxylation is 1. The molecule has 9 heteroatoms. The van der Waals surface area contributed by atoms with Gasteiger partial charge in [-0.1, -0.05) is 18.2 Å². The van der Waals surface area contributed by atoms with Gasteiger partial charge in [0.05, 0.1) is 5.75 Å². The average Bonchev–Trinajstić information content (AvgIpc) is 2.76. The Morgan fingerprint density at radius 3 is 2.63 bits per heavy atom. The molecule has 0 saturated carbocycles. The lowest BCUT2D eigenvalue weighted by molar-refractivity contribution is -0.123. The summed E-state index contributed by atoms with van der Waals surface area (Å²) in [5.74, 6) is 1.25. The molecule has 0 unspecified atom stereocenters. The van der Waals surface area contributed by atoms with E-state index in [1.807, 2.05) is 43.3 Å². The summed E-state index contributed by atoms with van der Waals surface area (Å²) in [5.41, 5.74) is 1.05. The predicted octanol–water partition coefficient (Wildman–Crippen LogP) is 1.43. The van der Waals surface area contributed by atoms with Crippen LogP contribution in [0.4, 0.5) is 5.82 Å². The molecule has 162 valence electrons. The van der Waals surface area contributed by atoms with Gasteiger partial charge in [-0.3, -0.25) is 4.79 Å². The van der Waals surface area contributed by atoms with Gasteiger partial charge in [-0.2, -0.15) is 4.31 Å². The number of nitrogens with zero attached hydrogens (tertiary/aromatic N) is 3. The number of piperazine rings is 1. The standard InChI is InChI=1S/C21H28N4O4S/c1-18-6-4-7-19(16-18)29-17-21(26)23-10-5-15-30(27,28)25-13-11-24(12-14-25)20-8-2-3-9-22-20/h2-4,6-9,16H,5,10-15,17H2,1H3,(H,23,26). The fourth-order valence-corrected chi connectivity index (χ4v) is 4.74. The predicted molar refractivity (Wildman–Crippen MR) is 116 cm³/mol. The molecule has 2 aromatic rings. The Morgan fingerprint density at radius 1 is 1.13 bits per heavy atom. The topological polar surface area (TPSA) is 91.8 Å². The van der Waals surface area contributed by atoms with Crippen molar-refractivity contribution in [1.82, 2.24) is 14.6 Å². The van der Waals surface area contributed by atoms with Crippen molar-refractivity contribution < 1.29 is 17.9 Å². The third kappa shape index (κ3) is 6.43. The second kappa shape index (κ2) is 10.4. The van der Waals surface area contributed by atoms with Crippen molar-refractivity contribution in [3.8, 4) is 5.75 Å². The number of benzene rings is 1. The molecule has 0 aliphatic carbocycles. The highest BCUT2D eigenvalue weighted by atomic mass is 32.2. The summed E-state index contributed by atoms with van der Waals surface area (Å²) in [4.78, 5) is 18.3. The molecule has 1 saturated heterocycles. The minimum Gasteiger partial charge on any atom is -0.484 e. The minimum absolute atomic E-state index is 0.00953. The average molecular weight is 433 g/mol. The number of nitrogens with one attached hydrogen (secondary N) is 1.